The number of aliphatic hydroxyl groups is 1. The summed E-state index contributed by atoms with van der Waals surface area (Å²) in [4.78, 5) is 22.6. The third kappa shape index (κ3) is 3.53. The molecule has 1 saturated carbocycles. The van der Waals surface area contributed by atoms with Crippen LogP contribution in [-0.4, -0.2) is 38.2 Å². The number of nitrogens with one attached hydrogen (secondary N) is 1. The standard InChI is InChI=1S/C23H29N3O2/c27-20-11-18-8-9-19(12-20)26(18)14-15-4-3-7-17(10-15)23-24-21(13-22(28)25-23)16-5-1-2-6-16/h3-4,7,10,13,16,18-20,27H,1-2,5-6,8-9,11-12,14H2,(H,24,25,28)/t18-,19+,20?. The van der Waals surface area contributed by atoms with E-state index in [1.807, 2.05) is 6.07 Å². The van der Waals surface area contributed by atoms with Crippen LogP contribution in [0.15, 0.2) is 35.1 Å². The van der Waals surface area contributed by atoms with Crippen LogP contribution in [-0.2, 0) is 6.54 Å². The van der Waals surface area contributed by atoms with Crippen molar-refractivity contribution < 1.29 is 5.11 Å². The monoisotopic (exact) mass is 379 g/mol. The van der Waals surface area contributed by atoms with Crippen LogP contribution in [0.3, 0.4) is 0 Å². The van der Waals surface area contributed by atoms with Crippen molar-refractivity contribution in [2.45, 2.75) is 82.0 Å². The van der Waals surface area contributed by atoms with Gasteiger partial charge in [0.15, 0.2) is 0 Å². The van der Waals surface area contributed by atoms with E-state index < -0.39 is 0 Å². The lowest BCUT2D eigenvalue weighted by molar-refractivity contribution is 0.0310. The van der Waals surface area contributed by atoms with Crippen LogP contribution in [0.2, 0.25) is 0 Å². The molecule has 3 fully saturated rings. The number of rotatable bonds is 4. The molecule has 0 spiro atoms. The van der Waals surface area contributed by atoms with Gasteiger partial charge >= 0.3 is 0 Å². The van der Waals surface area contributed by atoms with E-state index in [1.165, 1.54) is 31.2 Å². The largest absolute Gasteiger partial charge is 0.393 e. The van der Waals surface area contributed by atoms with Gasteiger partial charge in [0.25, 0.3) is 5.56 Å². The van der Waals surface area contributed by atoms with Crippen molar-refractivity contribution in [3.05, 3.63) is 51.9 Å². The summed E-state index contributed by atoms with van der Waals surface area (Å²) in [5.74, 6) is 1.12. The Labute approximate surface area is 165 Å². The summed E-state index contributed by atoms with van der Waals surface area (Å²) in [5.41, 5.74) is 3.13. The molecule has 148 valence electrons. The fraction of sp³-hybridized carbons (Fsp3) is 0.565. The molecule has 1 unspecified atom stereocenters. The van der Waals surface area contributed by atoms with Gasteiger partial charge in [-0.05, 0) is 50.2 Å². The SMILES string of the molecule is O=c1cc(C2CCCC2)nc(-c2cccc(CN3[C@@H]4CC[C@H]3CC(O)C4)c2)[nH]1. The number of nitrogens with zero attached hydrogens (tertiary/aromatic N) is 2. The van der Waals surface area contributed by atoms with E-state index >= 15 is 0 Å². The normalized spacial score (nSPS) is 28.1. The third-order valence-electron chi connectivity index (χ3n) is 6.96. The lowest BCUT2D eigenvalue weighted by atomic mass is 9.98. The predicted molar refractivity (Wildman–Crippen MR) is 109 cm³/mol. The quantitative estimate of drug-likeness (QED) is 0.852. The molecular weight excluding hydrogens is 350 g/mol. The number of hydrogen-bond donors (Lipinski definition) is 2. The number of aliphatic hydroxyl groups excluding tert-OH is 1. The predicted octanol–water partition coefficient (Wildman–Crippen LogP) is 3.58. The molecular formula is C23H29N3O2. The van der Waals surface area contributed by atoms with Crippen LogP contribution in [0.5, 0.6) is 0 Å². The molecule has 3 heterocycles. The topological polar surface area (TPSA) is 69.2 Å². The van der Waals surface area contributed by atoms with Gasteiger partial charge in [-0.2, -0.15) is 0 Å². The van der Waals surface area contributed by atoms with E-state index in [2.05, 4.69) is 28.1 Å². The summed E-state index contributed by atoms with van der Waals surface area (Å²) < 4.78 is 0. The zero-order chi connectivity index (χ0) is 19.1. The van der Waals surface area contributed by atoms with Crippen molar-refractivity contribution >= 4 is 0 Å². The number of benzene rings is 1. The maximum absolute atomic E-state index is 12.2. The van der Waals surface area contributed by atoms with Crippen molar-refractivity contribution in [1.82, 2.24) is 14.9 Å². The van der Waals surface area contributed by atoms with Crippen molar-refractivity contribution in [1.29, 1.82) is 0 Å². The molecule has 1 aliphatic carbocycles. The smallest absolute Gasteiger partial charge is 0.251 e. The highest BCUT2D eigenvalue weighted by molar-refractivity contribution is 5.56. The van der Waals surface area contributed by atoms with Crippen molar-refractivity contribution in [3.8, 4) is 11.4 Å². The second-order valence-electron chi connectivity index (χ2n) is 8.88. The molecule has 28 heavy (non-hydrogen) atoms. The Morgan fingerprint density at radius 1 is 1.07 bits per heavy atom. The molecule has 1 aromatic carbocycles. The number of aromatic nitrogens is 2. The van der Waals surface area contributed by atoms with Crippen molar-refractivity contribution in [2.24, 2.45) is 0 Å². The Kier molecular flexibility index (Phi) is 4.81. The lowest BCUT2D eigenvalue weighted by Gasteiger charge is -2.37. The lowest BCUT2D eigenvalue weighted by Crippen LogP contribution is -2.44. The number of aromatic amines is 1. The zero-order valence-electron chi connectivity index (χ0n) is 16.3. The second kappa shape index (κ2) is 7.45. The maximum Gasteiger partial charge on any atom is 0.251 e. The summed E-state index contributed by atoms with van der Waals surface area (Å²) in [6.07, 6.45) is 8.79. The average Bonchev–Trinajstić information content (AvgIpc) is 3.29. The molecule has 3 atom stereocenters. The molecule has 0 radical (unpaired) electrons. The Morgan fingerprint density at radius 3 is 2.57 bits per heavy atom. The van der Waals surface area contributed by atoms with Gasteiger partial charge in [-0.15, -0.1) is 0 Å². The number of H-pyrrole nitrogens is 1. The molecule has 3 aliphatic rings. The number of piperidine rings is 1. The zero-order valence-corrected chi connectivity index (χ0v) is 16.3. The highest BCUT2D eigenvalue weighted by Gasteiger charge is 2.39. The van der Waals surface area contributed by atoms with E-state index in [9.17, 15) is 9.90 Å². The van der Waals surface area contributed by atoms with E-state index in [0.717, 1.165) is 43.5 Å². The fourth-order valence-corrected chi connectivity index (χ4v) is 5.58. The first-order valence-corrected chi connectivity index (χ1v) is 10.8. The molecule has 2 N–H and O–H groups in total. The molecule has 5 nitrogen and oxygen atoms in total. The minimum Gasteiger partial charge on any atom is -0.393 e. The van der Waals surface area contributed by atoms with Crippen molar-refractivity contribution in [3.63, 3.8) is 0 Å². The van der Waals surface area contributed by atoms with Gasteiger partial charge in [0.05, 0.1) is 11.8 Å². The Bertz CT molecular complexity index is 889. The van der Waals surface area contributed by atoms with Crippen LogP contribution in [0.25, 0.3) is 11.4 Å². The van der Waals surface area contributed by atoms with E-state index in [4.69, 9.17) is 4.98 Å². The van der Waals surface area contributed by atoms with Crippen LogP contribution in [0.4, 0.5) is 0 Å². The molecule has 2 aromatic rings. The number of fused-ring (bicyclic) bond motifs is 2. The fourth-order valence-electron chi connectivity index (χ4n) is 5.58. The molecule has 5 heteroatoms. The van der Waals surface area contributed by atoms with Crippen molar-refractivity contribution in [2.75, 3.05) is 0 Å². The highest BCUT2D eigenvalue weighted by Crippen LogP contribution is 2.37. The minimum atomic E-state index is -0.132. The first kappa shape index (κ1) is 18.1. The Hall–Kier alpha value is -1.98. The van der Waals surface area contributed by atoms with Gasteiger partial charge in [0.1, 0.15) is 5.82 Å². The van der Waals surface area contributed by atoms with E-state index in [-0.39, 0.29) is 11.7 Å². The van der Waals surface area contributed by atoms with Crippen LogP contribution < -0.4 is 5.56 Å². The Morgan fingerprint density at radius 2 is 1.82 bits per heavy atom. The number of hydrogen-bond acceptors (Lipinski definition) is 4. The summed E-state index contributed by atoms with van der Waals surface area (Å²) in [5, 5.41) is 10.0. The maximum atomic E-state index is 12.2. The third-order valence-corrected chi connectivity index (χ3v) is 6.96. The van der Waals surface area contributed by atoms with Crippen LogP contribution >= 0.6 is 0 Å². The van der Waals surface area contributed by atoms with Crippen LogP contribution in [0, 0.1) is 0 Å². The molecule has 1 aromatic heterocycles. The molecule has 0 amide bonds. The average molecular weight is 380 g/mol. The second-order valence-corrected chi connectivity index (χ2v) is 8.88. The van der Waals surface area contributed by atoms with E-state index in [1.54, 1.807) is 6.07 Å². The highest BCUT2D eigenvalue weighted by atomic mass is 16.3. The first-order valence-electron chi connectivity index (χ1n) is 10.8. The summed E-state index contributed by atoms with van der Waals surface area (Å²) in [6, 6.07) is 11.1. The van der Waals surface area contributed by atoms with Gasteiger partial charge in [0.2, 0.25) is 0 Å². The van der Waals surface area contributed by atoms with Gasteiger partial charge in [-0.25, -0.2) is 4.98 Å². The van der Waals surface area contributed by atoms with Crippen LogP contribution in [0.1, 0.15) is 68.5 Å². The molecule has 5 rings (SSSR count). The molecule has 2 bridgehead atoms. The van der Waals surface area contributed by atoms with Gasteiger partial charge in [-0.3, -0.25) is 9.69 Å². The minimum absolute atomic E-state index is 0.0552. The Balaban J connectivity index is 1.40. The summed E-state index contributed by atoms with van der Waals surface area (Å²) in [6.45, 7) is 0.905. The van der Waals surface area contributed by atoms with Gasteiger partial charge in [0, 0.05) is 36.2 Å². The van der Waals surface area contributed by atoms with E-state index in [0.29, 0.717) is 23.8 Å². The van der Waals surface area contributed by atoms with Gasteiger partial charge in [-0.1, -0.05) is 31.0 Å². The van der Waals surface area contributed by atoms with Gasteiger partial charge < -0.3 is 10.1 Å². The summed E-state index contributed by atoms with van der Waals surface area (Å²) in [7, 11) is 0. The summed E-state index contributed by atoms with van der Waals surface area (Å²) >= 11 is 0. The molecule has 2 saturated heterocycles. The first-order chi connectivity index (χ1) is 13.7. The molecule has 2 aliphatic heterocycles.